The number of nitrogens with one attached hydrogen (secondary N) is 2. The van der Waals surface area contributed by atoms with E-state index in [1.165, 1.54) is 0 Å². The van der Waals surface area contributed by atoms with E-state index in [0.29, 0.717) is 29.4 Å². The number of sulfonamides is 1. The van der Waals surface area contributed by atoms with Crippen molar-refractivity contribution in [3.8, 4) is 11.5 Å². The average molecular weight is 521 g/mol. The van der Waals surface area contributed by atoms with Crippen molar-refractivity contribution >= 4 is 27.2 Å². The van der Waals surface area contributed by atoms with E-state index in [1.807, 2.05) is 38.1 Å². The van der Waals surface area contributed by atoms with Crippen molar-refractivity contribution in [3.63, 3.8) is 0 Å². The van der Waals surface area contributed by atoms with Crippen LogP contribution in [0.2, 0.25) is 0 Å². The third-order valence-corrected chi connectivity index (χ3v) is 8.60. The minimum atomic E-state index is -3.84. The van der Waals surface area contributed by atoms with Crippen molar-refractivity contribution in [2.24, 2.45) is 11.8 Å². The van der Waals surface area contributed by atoms with Crippen molar-refractivity contribution in [3.05, 3.63) is 77.4 Å². The first-order valence-corrected chi connectivity index (χ1v) is 13.9. The summed E-state index contributed by atoms with van der Waals surface area (Å²) in [5.74, 6) is 1.30. The minimum Gasteiger partial charge on any atom is -0.454 e. The van der Waals surface area contributed by atoms with Crippen LogP contribution in [0.4, 0.5) is 11.4 Å². The van der Waals surface area contributed by atoms with Gasteiger partial charge in [0.25, 0.3) is 10.0 Å². The first-order valence-electron chi connectivity index (χ1n) is 12.4. The van der Waals surface area contributed by atoms with Crippen LogP contribution in [0.3, 0.4) is 0 Å². The lowest BCUT2D eigenvalue weighted by atomic mass is 9.81. The van der Waals surface area contributed by atoms with Gasteiger partial charge in [0.15, 0.2) is 17.3 Å². The Hall–Kier alpha value is -3.56. The van der Waals surface area contributed by atoms with E-state index in [2.05, 4.69) is 10.0 Å². The summed E-state index contributed by atoms with van der Waals surface area (Å²) in [6.45, 7) is 4.52. The molecule has 0 radical (unpaired) electrons. The Kier molecular flexibility index (Phi) is 5.84. The molecule has 1 fully saturated rings. The Labute approximate surface area is 216 Å². The number of rotatable bonds is 6. The number of hydrogen-bond acceptors (Lipinski definition) is 7. The zero-order valence-electron chi connectivity index (χ0n) is 20.6. The molecular formula is C28H28N2O6S. The summed E-state index contributed by atoms with van der Waals surface area (Å²) in [7, 11) is -3.84. The van der Waals surface area contributed by atoms with Crippen LogP contribution >= 0.6 is 0 Å². The molecule has 3 heterocycles. The molecule has 3 aromatic rings. The van der Waals surface area contributed by atoms with Crippen LogP contribution in [0, 0.1) is 11.8 Å². The van der Waals surface area contributed by atoms with Gasteiger partial charge in [-0.3, -0.25) is 9.52 Å². The van der Waals surface area contributed by atoms with Gasteiger partial charge >= 0.3 is 0 Å². The van der Waals surface area contributed by atoms with Crippen LogP contribution in [0.15, 0.2) is 65.6 Å². The summed E-state index contributed by atoms with van der Waals surface area (Å²) >= 11 is 0. The Bertz CT molecular complexity index is 1470. The second kappa shape index (κ2) is 9.08. The molecule has 0 saturated carbocycles. The Balaban J connectivity index is 1.27. The quantitative estimate of drug-likeness (QED) is 0.425. The Morgan fingerprint density at radius 3 is 2.57 bits per heavy atom. The molecule has 2 N–H and O–H groups in total. The van der Waals surface area contributed by atoms with Gasteiger partial charge in [0.2, 0.25) is 6.79 Å². The first kappa shape index (κ1) is 23.8. The summed E-state index contributed by atoms with van der Waals surface area (Å²) in [5, 5.41) is 3.60. The van der Waals surface area contributed by atoms with Gasteiger partial charge in [-0.15, -0.1) is 0 Å². The number of carbonyl (C=O) groups excluding carboxylic acids is 1. The molecule has 1 saturated heterocycles. The van der Waals surface area contributed by atoms with Gasteiger partial charge in [-0.25, -0.2) is 8.42 Å². The second-order valence-corrected chi connectivity index (χ2v) is 11.6. The third-order valence-electron chi connectivity index (χ3n) is 7.22. The van der Waals surface area contributed by atoms with Gasteiger partial charge in [0, 0.05) is 41.3 Å². The number of anilines is 2. The summed E-state index contributed by atoms with van der Waals surface area (Å²) in [6.07, 6.45) is 0.625. The van der Waals surface area contributed by atoms with E-state index < -0.39 is 10.0 Å². The van der Waals surface area contributed by atoms with Crippen molar-refractivity contribution in [1.82, 2.24) is 0 Å². The lowest BCUT2D eigenvalue weighted by Crippen LogP contribution is -2.29. The number of benzene rings is 3. The van der Waals surface area contributed by atoms with Gasteiger partial charge in [-0.2, -0.15) is 0 Å². The number of carbonyl (C=O) groups is 1. The fraction of sp³-hybridized carbons (Fsp3) is 0.321. The second-order valence-electron chi connectivity index (χ2n) is 9.93. The number of fused-ring (bicyclic) bond motifs is 4. The SMILES string of the molecule is CC(C)C(=O)c1ccc(C2Nc3ccc(S(=O)(=O)Nc4ccc5c(c4)OCO5)cc3[C@H]3OCC[C@@H]23)cc1. The van der Waals surface area contributed by atoms with Crippen molar-refractivity contribution in [2.75, 3.05) is 23.4 Å². The maximum absolute atomic E-state index is 13.2. The largest absolute Gasteiger partial charge is 0.454 e. The van der Waals surface area contributed by atoms with Gasteiger partial charge in [-0.05, 0) is 42.3 Å². The fourth-order valence-corrected chi connectivity index (χ4v) is 6.39. The summed E-state index contributed by atoms with van der Waals surface area (Å²) in [5.41, 5.74) is 3.86. The highest BCUT2D eigenvalue weighted by Crippen LogP contribution is 2.50. The molecule has 1 unspecified atom stereocenters. The molecule has 192 valence electrons. The van der Waals surface area contributed by atoms with E-state index in [4.69, 9.17) is 14.2 Å². The maximum Gasteiger partial charge on any atom is 0.261 e. The van der Waals surface area contributed by atoms with Crippen LogP contribution in [0.5, 0.6) is 11.5 Å². The van der Waals surface area contributed by atoms with Crippen LogP contribution in [-0.4, -0.2) is 27.6 Å². The summed E-state index contributed by atoms with van der Waals surface area (Å²) in [4.78, 5) is 12.5. The normalized spacial score (nSPS) is 21.8. The predicted molar refractivity (Wildman–Crippen MR) is 139 cm³/mol. The molecule has 0 bridgehead atoms. The zero-order valence-corrected chi connectivity index (χ0v) is 21.4. The van der Waals surface area contributed by atoms with Crippen LogP contribution < -0.4 is 19.5 Å². The molecule has 0 spiro atoms. The van der Waals surface area contributed by atoms with E-state index in [1.54, 1.807) is 36.4 Å². The fourth-order valence-electron chi connectivity index (χ4n) is 5.31. The van der Waals surface area contributed by atoms with E-state index in [0.717, 1.165) is 23.2 Å². The average Bonchev–Trinajstić information content (AvgIpc) is 3.57. The molecule has 3 aromatic carbocycles. The lowest BCUT2D eigenvalue weighted by Gasteiger charge is -2.36. The Morgan fingerprint density at radius 1 is 1.00 bits per heavy atom. The smallest absolute Gasteiger partial charge is 0.261 e. The third kappa shape index (κ3) is 4.32. The number of ketones is 1. The van der Waals surface area contributed by atoms with Gasteiger partial charge in [-0.1, -0.05) is 38.1 Å². The zero-order chi connectivity index (χ0) is 25.7. The van der Waals surface area contributed by atoms with Crippen LogP contribution in [0.25, 0.3) is 0 Å². The van der Waals surface area contributed by atoms with Gasteiger partial charge in [0.05, 0.1) is 22.7 Å². The molecule has 8 nitrogen and oxygen atoms in total. The van der Waals surface area contributed by atoms with E-state index in [-0.39, 0.29) is 41.5 Å². The molecular weight excluding hydrogens is 492 g/mol. The highest BCUT2D eigenvalue weighted by Gasteiger charge is 2.42. The standard InChI is InChI=1S/C28H28N2O6S/c1-16(2)27(31)18-5-3-17(4-6-18)26-21-11-12-34-28(21)22-14-20(8-9-23(22)29-26)37(32,33)30-19-7-10-24-25(13-19)36-15-35-24/h3-10,13-14,16,21,26,28-30H,11-12,15H2,1-2H3/t21-,26?,28-/m0/s1. The predicted octanol–water partition coefficient (Wildman–Crippen LogP) is 5.30. The molecule has 3 atom stereocenters. The van der Waals surface area contributed by atoms with Crippen LogP contribution in [0.1, 0.15) is 53.9 Å². The number of Topliss-reactive ketones (excluding diaryl/α,β-unsaturated/α-hetero) is 1. The molecule has 37 heavy (non-hydrogen) atoms. The van der Waals surface area contributed by atoms with Crippen LogP contribution in [-0.2, 0) is 14.8 Å². The highest BCUT2D eigenvalue weighted by atomic mass is 32.2. The monoisotopic (exact) mass is 520 g/mol. The highest BCUT2D eigenvalue weighted by molar-refractivity contribution is 7.92. The van der Waals surface area contributed by atoms with E-state index in [9.17, 15) is 13.2 Å². The molecule has 3 aliphatic rings. The minimum absolute atomic E-state index is 0.00239. The molecule has 0 aromatic heterocycles. The maximum atomic E-state index is 13.2. The Morgan fingerprint density at radius 2 is 1.78 bits per heavy atom. The number of ether oxygens (including phenoxy) is 3. The lowest BCUT2D eigenvalue weighted by molar-refractivity contribution is 0.0827. The number of hydrogen-bond donors (Lipinski definition) is 2. The molecule has 0 aliphatic carbocycles. The van der Waals surface area contributed by atoms with Gasteiger partial charge in [0.1, 0.15) is 0 Å². The molecule has 9 heteroatoms. The van der Waals surface area contributed by atoms with Crippen molar-refractivity contribution < 1.29 is 27.4 Å². The topological polar surface area (TPSA) is 103 Å². The molecule has 0 amide bonds. The summed E-state index contributed by atoms with van der Waals surface area (Å²) in [6, 6.07) is 17.8. The van der Waals surface area contributed by atoms with E-state index >= 15 is 0 Å². The summed E-state index contributed by atoms with van der Waals surface area (Å²) < 4.78 is 45.9. The van der Waals surface area contributed by atoms with Crippen molar-refractivity contribution in [2.45, 2.75) is 37.3 Å². The molecule has 3 aliphatic heterocycles. The first-order chi connectivity index (χ1) is 17.8. The van der Waals surface area contributed by atoms with Gasteiger partial charge < -0.3 is 19.5 Å². The van der Waals surface area contributed by atoms with Crippen molar-refractivity contribution in [1.29, 1.82) is 0 Å². The molecule has 6 rings (SSSR count).